The fraction of sp³-hybridized carbons (Fsp3) is 0.312. The lowest BCUT2D eigenvalue weighted by molar-refractivity contribution is -0.137. The predicted molar refractivity (Wildman–Crippen MR) is 152 cm³/mol. The molecule has 0 spiro atoms. The quantitative estimate of drug-likeness (QED) is 0.317. The Balaban J connectivity index is 1.09. The van der Waals surface area contributed by atoms with Gasteiger partial charge in [0.05, 0.1) is 5.56 Å². The van der Waals surface area contributed by atoms with Crippen molar-refractivity contribution in [3.63, 3.8) is 0 Å². The summed E-state index contributed by atoms with van der Waals surface area (Å²) in [6.45, 7) is 4.62. The normalized spacial score (nSPS) is 16.1. The molecule has 2 aliphatic rings. The van der Waals surface area contributed by atoms with Gasteiger partial charge < -0.3 is 20.1 Å². The summed E-state index contributed by atoms with van der Waals surface area (Å²) < 4.78 is 38.5. The van der Waals surface area contributed by atoms with Crippen molar-refractivity contribution in [2.75, 3.05) is 24.5 Å². The molecular weight excluding hydrogens is 529 g/mol. The molecule has 0 saturated carbocycles. The number of carbonyl (C=O) groups is 2. The highest BCUT2D eigenvalue weighted by molar-refractivity contribution is 5.99. The average Bonchev–Trinajstić information content (AvgIpc) is 3.34. The molecule has 212 valence electrons. The first-order chi connectivity index (χ1) is 19.7. The van der Waals surface area contributed by atoms with Crippen LogP contribution in [0.25, 0.3) is 10.9 Å². The fourth-order valence-corrected chi connectivity index (χ4v) is 5.81. The van der Waals surface area contributed by atoms with Crippen LogP contribution < -0.4 is 10.2 Å². The number of halogens is 3. The van der Waals surface area contributed by atoms with Gasteiger partial charge in [0.25, 0.3) is 11.8 Å². The van der Waals surface area contributed by atoms with Crippen molar-refractivity contribution < 1.29 is 22.8 Å². The van der Waals surface area contributed by atoms with Crippen LogP contribution in [0, 0.1) is 6.92 Å². The number of piperidine rings is 1. The maximum atomic E-state index is 13.2. The van der Waals surface area contributed by atoms with Crippen LogP contribution >= 0.6 is 0 Å². The third-order valence-corrected chi connectivity index (χ3v) is 8.21. The average molecular weight is 561 g/mol. The van der Waals surface area contributed by atoms with Gasteiger partial charge in [-0.1, -0.05) is 17.7 Å². The van der Waals surface area contributed by atoms with Gasteiger partial charge in [-0.3, -0.25) is 9.59 Å². The van der Waals surface area contributed by atoms with Crippen LogP contribution in [0.15, 0.2) is 66.7 Å². The van der Waals surface area contributed by atoms with E-state index in [1.807, 2.05) is 18.2 Å². The van der Waals surface area contributed by atoms with Crippen LogP contribution in [0.3, 0.4) is 0 Å². The number of hydrogen-bond donors (Lipinski definition) is 2. The van der Waals surface area contributed by atoms with Crippen molar-refractivity contribution in [2.45, 2.75) is 44.9 Å². The van der Waals surface area contributed by atoms with Crippen LogP contribution in [0.5, 0.6) is 0 Å². The number of likely N-dealkylation sites (tertiary alicyclic amines) is 1. The van der Waals surface area contributed by atoms with Crippen molar-refractivity contribution in [3.05, 3.63) is 100 Å². The fourth-order valence-electron chi connectivity index (χ4n) is 5.81. The SMILES string of the molecule is Cc1ccc(N2CCc3[nH]c4ccc(C(=O)NC5CCN(C(=O)c6ccc(C(F)(F)F)cc6)CC5)cc4c3C2)cc1. The molecule has 1 aromatic heterocycles. The molecule has 41 heavy (non-hydrogen) atoms. The highest BCUT2D eigenvalue weighted by Crippen LogP contribution is 2.32. The molecule has 0 atom stereocenters. The summed E-state index contributed by atoms with van der Waals surface area (Å²) in [4.78, 5) is 33.5. The molecule has 3 aromatic carbocycles. The van der Waals surface area contributed by atoms with E-state index in [2.05, 4.69) is 46.4 Å². The molecule has 6 rings (SSSR count). The van der Waals surface area contributed by atoms with Gasteiger partial charge in [0.2, 0.25) is 0 Å². The van der Waals surface area contributed by atoms with E-state index < -0.39 is 11.7 Å². The Morgan fingerprint density at radius 1 is 0.902 bits per heavy atom. The zero-order valence-electron chi connectivity index (χ0n) is 22.7. The number of H-pyrrole nitrogens is 1. The van der Waals surface area contributed by atoms with Crippen molar-refractivity contribution in [2.24, 2.45) is 0 Å². The van der Waals surface area contributed by atoms with E-state index in [4.69, 9.17) is 0 Å². The maximum absolute atomic E-state index is 13.2. The zero-order chi connectivity index (χ0) is 28.7. The number of hydrogen-bond acceptors (Lipinski definition) is 3. The molecule has 9 heteroatoms. The summed E-state index contributed by atoms with van der Waals surface area (Å²) in [5.41, 5.74) is 5.91. The number of fused-ring (bicyclic) bond motifs is 3. The second kappa shape index (κ2) is 10.6. The first kappa shape index (κ1) is 26.9. The van der Waals surface area contributed by atoms with E-state index in [0.29, 0.717) is 31.5 Å². The smallest absolute Gasteiger partial charge is 0.367 e. The van der Waals surface area contributed by atoms with Crippen LogP contribution in [0.1, 0.15) is 55.9 Å². The van der Waals surface area contributed by atoms with Gasteiger partial charge in [0.1, 0.15) is 0 Å². The Labute approximate surface area is 236 Å². The summed E-state index contributed by atoms with van der Waals surface area (Å²) in [5.74, 6) is -0.452. The third-order valence-electron chi connectivity index (χ3n) is 8.21. The summed E-state index contributed by atoms with van der Waals surface area (Å²) in [7, 11) is 0. The molecule has 1 saturated heterocycles. The first-order valence-electron chi connectivity index (χ1n) is 13.9. The number of nitrogens with zero attached hydrogens (tertiary/aromatic N) is 2. The minimum absolute atomic E-state index is 0.0907. The molecule has 6 nitrogen and oxygen atoms in total. The molecule has 2 aliphatic heterocycles. The topological polar surface area (TPSA) is 68.4 Å². The molecule has 0 aliphatic carbocycles. The van der Waals surface area contributed by atoms with Crippen molar-refractivity contribution in [1.29, 1.82) is 0 Å². The Bertz CT molecular complexity index is 1580. The van der Waals surface area contributed by atoms with Crippen molar-refractivity contribution >= 4 is 28.4 Å². The van der Waals surface area contributed by atoms with E-state index in [1.165, 1.54) is 34.6 Å². The van der Waals surface area contributed by atoms with Gasteiger partial charge >= 0.3 is 6.18 Å². The molecule has 0 radical (unpaired) electrons. The molecule has 1 fully saturated rings. The number of carbonyl (C=O) groups excluding carboxylic acids is 2. The van der Waals surface area contributed by atoms with Crippen molar-refractivity contribution in [1.82, 2.24) is 15.2 Å². The van der Waals surface area contributed by atoms with E-state index >= 15 is 0 Å². The summed E-state index contributed by atoms with van der Waals surface area (Å²) in [6.07, 6.45) is -2.38. The number of anilines is 1. The Morgan fingerprint density at radius 3 is 2.27 bits per heavy atom. The summed E-state index contributed by atoms with van der Waals surface area (Å²) in [5, 5.41) is 4.17. The van der Waals surface area contributed by atoms with E-state index in [9.17, 15) is 22.8 Å². The summed E-state index contributed by atoms with van der Waals surface area (Å²) >= 11 is 0. The number of aromatic nitrogens is 1. The van der Waals surface area contributed by atoms with E-state index in [0.717, 1.165) is 42.5 Å². The Morgan fingerprint density at radius 2 is 1.59 bits per heavy atom. The minimum atomic E-state index is -4.44. The molecule has 0 unspecified atom stereocenters. The summed E-state index contributed by atoms with van der Waals surface area (Å²) in [6, 6.07) is 18.5. The molecular formula is C32H31F3N4O2. The largest absolute Gasteiger partial charge is 0.416 e. The molecule has 3 heterocycles. The standard InChI is InChI=1S/C32H31F3N4O2/c1-20-2-9-25(10-3-20)39-17-14-29-27(19-39)26-18-22(6-11-28(26)37-29)30(40)36-24-12-15-38(16-13-24)31(41)21-4-7-23(8-5-21)32(33,34)35/h2-11,18,24,37H,12-17,19H2,1H3,(H,36,40). The number of amides is 2. The number of rotatable bonds is 4. The van der Waals surface area contributed by atoms with Crippen LogP contribution in [0.4, 0.5) is 18.9 Å². The number of aryl methyl sites for hydroxylation is 1. The highest BCUT2D eigenvalue weighted by atomic mass is 19.4. The number of nitrogens with one attached hydrogen (secondary N) is 2. The highest BCUT2D eigenvalue weighted by Gasteiger charge is 2.31. The second-order valence-corrected chi connectivity index (χ2v) is 11.0. The van der Waals surface area contributed by atoms with Gasteiger partial charge in [-0.15, -0.1) is 0 Å². The van der Waals surface area contributed by atoms with Crippen LogP contribution in [0.2, 0.25) is 0 Å². The molecule has 0 bridgehead atoms. The minimum Gasteiger partial charge on any atom is -0.367 e. The monoisotopic (exact) mass is 560 g/mol. The van der Waals surface area contributed by atoms with Crippen LogP contribution in [-0.4, -0.2) is 47.4 Å². The molecule has 2 amide bonds. The van der Waals surface area contributed by atoms with Crippen molar-refractivity contribution in [3.8, 4) is 0 Å². The van der Waals surface area contributed by atoms with Gasteiger partial charge in [0.15, 0.2) is 0 Å². The molecule has 2 N–H and O–H groups in total. The zero-order valence-corrected chi connectivity index (χ0v) is 22.7. The second-order valence-electron chi connectivity index (χ2n) is 11.0. The van der Waals surface area contributed by atoms with Gasteiger partial charge in [-0.05, 0) is 74.4 Å². The van der Waals surface area contributed by atoms with Gasteiger partial charge in [0, 0.05) is 77.6 Å². The third kappa shape index (κ3) is 5.53. The lowest BCUT2D eigenvalue weighted by Crippen LogP contribution is -2.46. The number of benzene rings is 3. The Hall–Kier alpha value is -4.27. The van der Waals surface area contributed by atoms with E-state index in [1.54, 1.807) is 4.90 Å². The van der Waals surface area contributed by atoms with Gasteiger partial charge in [-0.2, -0.15) is 13.2 Å². The molecule has 4 aromatic rings. The first-order valence-corrected chi connectivity index (χ1v) is 13.9. The number of alkyl halides is 3. The number of aromatic amines is 1. The maximum Gasteiger partial charge on any atom is 0.416 e. The Kier molecular flexibility index (Phi) is 6.97. The predicted octanol–water partition coefficient (Wildman–Crippen LogP) is 6.09. The van der Waals surface area contributed by atoms with Gasteiger partial charge in [-0.25, -0.2) is 0 Å². The van der Waals surface area contributed by atoms with E-state index in [-0.39, 0.29) is 23.4 Å². The lowest BCUT2D eigenvalue weighted by Gasteiger charge is -2.32. The van der Waals surface area contributed by atoms with Crippen LogP contribution in [-0.2, 0) is 19.1 Å². The lowest BCUT2D eigenvalue weighted by atomic mass is 10.0.